The summed E-state index contributed by atoms with van der Waals surface area (Å²) in [7, 11) is -0.693. The van der Waals surface area contributed by atoms with Crippen molar-refractivity contribution in [3.63, 3.8) is 0 Å². The highest BCUT2D eigenvalue weighted by atomic mass is 32.2. The van der Waals surface area contributed by atoms with Gasteiger partial charge >= 0.3 is 0 Å². The smallest absolute Gasteiger partial charge is 0.250 e. The minimum Gasteiger partial charge on any atom is -0.358 e. The molecule has 182 valence electrons. The predicted molar refractivity (Wildman–Crippen MR) is 128 cm³/mol. The summed E-state index contributed by atoms with van der Waals surface area (Å²) in [5.41, 5.74) is 1.34. The van der Waals surface area contributed by atoms with Gasteiger partial charge in [-0.05, 0) is 50.4 Å². The molecule has 1 aromatic carbocycles. The highest BCUT2D eigenvalue weighted by Gasteiger charge is 2.41. The van der Waals surface area contributed by atoms with Gasteiger partial charge in [-0.2, -0.15) is 0 Å². The number of hydrogen-bond donors (Lipinski definition) is 0. The quantitative estimate of drug-likeness (QED) is 0.612. The molecule has 4 rings (SSSR count). The van der Waals surface area contributed by atoms with Crippen LogP contribution < -0.4 is 9.80 Å². The number of sulfonamides is 1. The van der Waals surface area contributed by atoms with Crippen LogP contribution in [0.2, 0.25) is 0 Å². The molecule has 3 aliphatic rings. The van der Waals surface area contributed by atoms with Crippen molar-refractivity contribution in [3.8, 4) is 0 Å². The Morgan fingerprint density at radius 2 is 1.79 bits per heavy atom. The second-order valence-electron chi connectivity index (χ2n) is 9.29. The van der Waals surface area contributed by atoms with Gasteiger partial charge in [-0.25, -0.2) is 12.7 Å². The Hall–Kier alpha value is -2.17. The average molecular weight is 478 g/mol. The number of fused-ring (bicyclic) bond motifs is 3. The molecular weight excluding hydrogens is 442 g/mol. The number of piperidine rings is 1. The van der Waals surface area contributed by atoms with Crippen molar-refractivity contribution in [2.24, 2.45) is 0 Å². The Bertz CT molecular complexity index is 1000. The van der Waals surface area contributed by atoms with E-state index in [9.17, 15) is 18.0 Å². The number of anilines is 2. The molecular formula is C23H35N5O4S. The molecule has 0 aromatic heterocycles. The van der Waals surface area contributed by atoms with E-state index in [1.165, 1.54) is 19.0 Å². The van der Waals surface area contributed by atoms with Crippen LogP contribution in [-0.4, -0.2) is 100 Å². The lowest BCUT2D eigenvalue weighted by atomic mass is 9.96. The van der Waals surface area contributed by atoms with Crippen molar-refractivity contribution in [2.75, 3.05) is 69.7 Å². The van der Waals surface area contributed by atoms with E-state index in [2.05, 4.69) is 16.7 Å². The third-order valence-electron chi connectivity index (χ3n) is 6.94. The Morgan fingerprint density at radius 3 is 2.45 bits per heavy atom. The van der Waals surface area contributed by atoms with E-state index in [1.54, 1.807) is 18.2 Å². The normalized spacial score (nSPS) is 21.9. The van der Waals surface area contributed by atoms with Gasteiger partial charge in [0.1, 0.15) is 12.6 Å². The summed E-state index contributed by atoms with van der Waals surface area (Å²) in [4.78, 5) is 34.6. The fourth-order valence-corrected chi connectivity index (χ4v) is 5.97. The number of amides is 2. The molecule has 0 aliphatic carbocycles. The van der Waals surface area contributed by atoms with Gasteiger partial charge in [0.2, 0.25) is 21.8 Å². The Morgan fingerprint density at radius 1 is 1.06 bits per heavy atom. The number of piperazine rings is 1. The van der Waals surface area contributed by atoms with Gasteiger partial charge in [0.15, 0.2) is 0 Å². The van der Waals surface area contributed by atoms with Crippen LogP contribution in [0.3, 0.4) is 0 Å². The first-order chi connectivity index (χ1) is 15.7. The fraction of sp³-hybridized carbons (Fsp3) is 0.652. The summed E-state index contributed by atoms with van der Waals surface area (Å²) in [5.74, 6) is -0.199. The van der Waals surface area contributed by atoms with Gasteiger partial charge in [0.05, 0.1) is 16.3 Å². The molecule has 10 heteroatoms. The van der Waals surface area contributed by atoms with Gasteiger partial charge in [-0.3, -0.25) is 19.4 Å². The van der Waals surface area contributed by atoms with Gasteiger partial charge in [-0.1, -0.05) is 6.92 Å². The van der Waals surface area contributed by atoms with Gasteiger partial charge in [-0.15, -0.1) is 0 Å². The topological polar surface area (TPSA) is 84.5 Å². The van der Waals surface area contributed by atoms with Crippen LogP contribution in [0.5, 0.6) is 0 Å². The van der Waals surface area contributed by atoms with Crippen LogP contribution in [0.15, 0.2) is 23.1 Å². The van der Waals surface area contributed by atoms with Crippen LogP contribution in [-0.2, 0) is 19.6 Å². The minimum absolute atomic E-state index is 0.0601. The first kappa shape index (κ1) is 24.0. The lowest BCUT2D eigenvalue weighted by Crippen LogP contribution is -2.58. The Kier molecular flexibility index (Phi) is 6.97. The molecule has 0 N–H and O–H groups in total. The van der Waals surface area contributed by atoms with Crippen molar-refractivity contribution in [1.29, 1.82) is 0 Å². The third-order valence-corrected chi connectivity index (χ3v) is 8.75. The van der Waals surface area contributed by atoms with Crippen molar-refractivity contribution in [3.05, 3.63) is 18.2 Å². The second-order valence-corrected chi connectivity index (χ2v) is 11.4. The molecule has 0 spiro atoms. The van der Waals surface area contributed by atoms with Crippen LogP contribution >= 0.6 is 0 Å². The SMILES string of the molecule is CCCN1CCN(C(=O)CN2C(=O)[C@@H]3CCCCN3c3ccc(S(=O)(=O)N(C)C)cc32)CC1. The maximum absolute atomic E-state index is 13.5. The summed E-state index contributed by atoms with van der Waals surface area (Å²) >= 11 is 0. The average Bonchev–Trinajstić information content (AvgIpc) is 2.81. The van der Waals surface area contributed by atoms with Crippen LogP contribution in [0.4, 0.5) is 11.4 Å². The molecule has 2 saturated heterocycles. The number of hydrogen-bond acceptors (Lipinski definition) is 6. The fourth-order valence-electron chi connectivity index (χ4n) is 5.04. The first-order valence-corrected chi connectivity index (χ1v) is 13.3. The molecule has 3 aliphatic heterocycles. The number of carbonyl (C=O) groups is 2. The van der Waals surface area contributed by atoms with Gasteiger partial charge in [0.25, 0.3) is 0 Å². The van der Waals surface area contributed by atoms with Crippen molar-refractivity contribution in [2.45, 2.75) is 43.5 Å². The van der Waals surface area contributed by atoms with E-state index < -0.39 is 10.0 Å². The van der Waals surface area contributed by atoms with E-state index in [0.717, 1.165) is 61.9 Å². The molecule has 33 heavy (non-hydrogen) atoms. The number of rotatable bonds is 6. The van der Waals surface area contributed by atoms with Crippen molar-refractivity contribution < 1.29 is 18.0 Å². The monoisotopic (exact) mass is 477 g/mol. The van der Waals surface area contributed by atoms with Crippen LogP contribution in [0.25, 0.3) is 0 Å². The summed E-state index contributed by atoms with van der Waals surface area (Å²) in [6.07, 6.45) is 3.79. The third kappa shape index (κ3) is 4.61. The first-order valence-electron chi connectivity index (χ1n) is 11.9. The van der Waals surface area contributed by atoms with E-state index >= 15 is 0 Å². The highest BCUT2D eigenvalue weighted by molar-refractivity contribution is 7.89. The Labute approximate surface area is 197 Å². The van der Waals surface area contributed by atoms with Gasteiger partial charge < -0.3 is 9.80 Å². The van der Waals surface area contributed by atoms with E-state index in [-0.39, 0.29) is 29.3 Å². The van der Waals surface area contributed by atoms with E-state index in [4.69, 9.17) is 0 Å². The number of carbonyl (C=O) groups excluding carboxylic acids is 2. The zero-order chi connectivity index (χ0) is 23.8. The van der Waals surface area contributed by atoms with Gasteiger partial charge in [0, 0.05) is 46.8 Å². The number of benzene rings is 1. The highest BCUT2D eigenvalue weighted by Crippen LogP contribution is 2.41. The Balaban J connectivity index is 1.63. The molecule has 0 saturated carbocycles. The molecule has 1 atom stereocenters. The number of nitrogens with zero attached hydrogens (tertiary/aromatic N) is 5. The lowest BCUT2D eigenvalue weighted by Gasteiger charge is -2.45. The van der Waals surface area contributed by atoms with Crippen molar-refractivity contribution >= 4 is 33.2 Å². The van der Waals surface area contributed by atoms with E-state index in [1.807, 2.05) is 4.90 Å². The molecule has 9 nitrogen and oxygen atoms in total. The lowest BCUT2D eigenvalue weighted by molar-refractivity contribution is -0.133. The summed E-state index contributed by atoms with van der Waals surface area (Å²) < 4.78 is 26.7. The summed E-state index contributed by atoms with van der Waals surface area (Å²) in [5, 5.41) is 0. The van der Waals surface area contributed by atoms with Crippen molar-refractivity contribution in [1.82, 2.24) is 14.1 Å². The molecule has 1 aromatic rings. The zero-order valence-electron chi connectivity index (χ0n) is 19.9. The maximum Gasteiger partial charge on any atom is 0.250 e. The van der Waals surface area contributed by atoms with Crippen LogP contribution in [0.1, 0.15) is 32.6 Å². The molecule has 3 heterocycles. The maximum atomic E-state index is 13.5. The molecule has 2 amide bonds. The second kappa shape index (κ2) is 9.60. The van der Waals surface area contributed by atoms with E-state index in [0.29, 0.717) is 18.8 Å². The summed E-state index contributed by atoms with van der Waals surface area (Å²) in [6, 6.07) is 4.65. The largest absolute Gasteiger partial charge is 0.358 e. The zero-order valence-corrected chi connectivity index (χ0v) is 20.7. The molecule has 2 fully saturated rings. The standard InChI is InChI=1S/C23H35N5O4S/c1-4-10-25-12-14-26(15-13-25)22(29)17-28-21-16-18(33(31,32)24(2)3)8-9-19(21)27-11-6-5-7-20(27)23(28)30/h8-9,16,20H,4-7,10-15,17H2,1-3H3/t20-/m0/s1. The predicted octanol–water partition coefficient (Wildman–Crippen LogP) is 1.20. The minimum atomic E-state index is -3.67. The molecule has 0 radical (unpaired) electrons. The summed E-state index contributed by atoms with van der Waals surface area (Å²) in [6.45, 7) is 6.85. The molecule has 0 unspecified atom stereocenters. The van der Waals surface area contributed by atoms with Crippen LogP contribution in [0, 0.1) is 0 Å². The molecule has 0 bridgehead atoms.